The molecule has 0 saturated heterocycles. The lowest BCUT2D eigenvalue weighted by molar-refractivity contribution is 0.269. The SMILES string of the molecule is Cc1cnc2c(c1)nc(CCl)n2C(CN(C)C)C(C)C. The van der Waals surface area contributed by atoms with Gasteiger partial charge in [0.2, 0.25) is 0 Å². The smallest absolute Gasteiger partial charge is 0.160 e. The molecule has 0 aliphatic carbocycles. The fraction of sp³-hybridized carbons (Fsp3) is 0.600. The van der Waals surface area contributed by atoms with E-state index in [0.29, 0.717) is 17.8 Å². The average molecular weight is 295 g/mol. The molecule has 0 fully saturated rings. The topological polar surface area (TPSA) is 34.0 Å². The molecule has 0 aliphatic heterocycles. The van der Waals surface area contributed by atoms with E-state index >= 15 is 0 Å². The fourth-order valence-electron chi connectivity index (χ4n) is 2.54. The molecule has 110 valence electrons. The monoisotopic (exact) mass is 294 g/mol. The molecule has 4 nitrogen and oxygen atoms in total. The highest BCUT2D eigenvalue weighted by Crippen LogP contribution is 2.26. The zero-order valence-electron chi connectivity index (χ0n) is 12.9. The van der Waals surface area contributed by atoms with Gasteiger partial charge in [-0.15, -0.1) is 11.6 Å². The molecule has 0 N–H and O–H groups in total. The zero-order chi connectivity index (χ0) is 14.9. The molecule has 2 heterocycles. The number of likely N-dealkylation sites (N-methyl/N-ethyl adjacent to an activating group) is 1. The van der Waals surface area contributed by atoms with E-state index < -0.39 is 0 Å². The van der Waals surface area contributed by atoms with Crippen molar-refractivity contribution in [3.05, 3.63) is 23.7 Å². The quantitative estimate of drug-likeness (QED) is 0.794. The van der Waals surface area contributed by atoms with Crippen molar-refractivity contribution in [2.75, 3.05) is 20.6 Å². The number of halogens is 1. The Bertz CT molecular complexity index is 589. The fourth-order valence-corrected chi connectivity index (χ4v) is 2.73. The van der Waals surface area contributed by atoms with Crippen molar-refractivity contribution in [3.8, 4) is 0 Å². The van der Waals surface area contributed by atoms with Gasteiger partial charge in [-0.2, -0.15) is 0 Å². The summed E-state index contributed by atoms with van der Waals surface area (Å²) >= 11 is 6.10. The highest BCUT2D eigenvalue weighted by atomic mass is 35.5. The molecule has 0 radical (unpaired) electrons. The zero-order valence-corrected chi connectivity index (χ0v) is 13.6. The van der Waals surface area contributed by atoms with Crippen LogP contribution in [0.3, 0.4) is 0 Å². The Morgan fingerprint density at radius 3 is 2.60 bits per heavy atom. The molecule has 2 aromatic heterocycles. The number of hydrogen-bond acceptors (Lipinski definition) is 3. The predicted molar refractivity (Wildman–Crippen MR) is 84.3 cm³/mol. The van der Waals surface area contributed by atoms with Gasteiger partial charge in [0.25, 0.3) is 0 Å². The molecular weight excluding hydrogens is 272 g/mol. The summed E-state index contributed by atoms with van der Waals surface area (Å²) in [6, 6.07) is 2.39. The molecule has 2 aromatic rings. The van der Waals surface area contributed by atoms with E-state index in [9.17, 15) is 0 Å². The van der Waals surface area contributed by atoms with Gasteiger partial charge in [-0.1, -0.05) is 13.8 Å². The second-order valence-corrected chi connectivity index (χ2v) is 6.23. The predicted octanol–water partition coefficient (Wildman–Crippen LogP) is 3.24. The van der Waals surface area contributed by atoms with Gasteiger partial charge in [0.15, 0.2) is 5.65 Å². The highest BCUT2D eigenvalue weighted by molar-refractivity contribution is 6.16. The molecular formula is C15H23ClN4. The van der Waals surface area contributed by atoms with Crippen molar-refractivity contribution < 1.29 is 0 Å². The summed E-state index contributed by atoms with van der Waals surface area (Å²) in [6.07, 6.45) is 1.89. The number of nitrogens with zero attached hydrogens (tertiary/aromatic N) is 4. The van der Waals surface area contributed by atoms with E-state index in [-0.39, 0.29) is 0 Å². The number of imidazole rings is 1. The summed E-state index contributed by atoms with van der Waals surface area (Å²) in [4.78, 5) is 11.4. The molecule has 1 atom stereocenters. The lowest BCUT2D eigenvalue weighted by Gasteiger charge is -2.27. The maximum absolute atomic E-state index is 6.10. The normalized spacial score (nSPS) is 13.6. The standard InChI is InChI=1S/C15H23ClN4/c1-10(2)13(9-19(4)5)20-14(7-16)18-12-6-11(3)8-17-15(12)20/h6,8,10,13H,7,9H2,1-5H3. The summed E-state index contributed by atoms with van der Waals surface area (Å²) in [5.74, 6) is 1.80. The third-order valence-corrected chi connectivity index (χ3v) is 3.75. The van der Waals surface area contributed by atoms with Crippen LogP contribution in [-0.4, -0.2) is 40.1 Å². The summed E-state index contributed by atoms with van der Waals surface area (Å²) in [6.45, 7) is 7.44. The van der Waals surface area contributed by atoms with Crippen LogP contribution >= 0.6 is 11.6 Å². The maximum atomic E-state index is 6.10. The van der Waals surface area contributed by atoms with Crippen molar-refractivity contribution >= 4 is 22.8 Å². The number of aryl methyl sites for hydroxylation is 1. The van der Waals surface area contributed by atoms with Crippen LogP contribution in [0.1, 0.15) is 31.3 Å². The van der Waals surface area contributed by atoms with Crippen LogP contribution in [0, 0.1) is 12.8 Å². The van der Waals surface area contributed by atoms with E-state index in [1.165, 1.54) is 0 Å². The van der Waals surface area contributed by atoms with Crippen molar-refractivity contribution in [2.24, 2.45) is 5.92 Å². The van der Waals surface area contributed by atoms with Crippen LogP contribution in [0.5, 0.6) is 0 Å². The van der Waals surface area contributed by atoms with Gasteiger partial charge in [0.05, 0.1) is 11.9 Å². The minimum absolute atomic E-state index is 0.318. The number of fused-ring (bicyclic) bond motifs is 1. The second kappa shape index (κ2) is 6.10. The minimum Gasteiger partial charge on any atom is -0.307 e. The molecule has 0 aliphatic rings. The Labute approximate surface area is 125 Å². The first kappa shape index (κ1) is 15.3. The third kappa shape index (κ3) is 2.96. The first-order valence-corrected chi connectivity index (χ1v) is 7.51. The van der Waals surface area contributed by atoms with Crippen LogP contribution in [0.2, 0.25) is 0 Å². The van der Waals surface area contributed by atoms with Gasteiger partial charge < -0.3 is 9.47 Å². The van der Waals surface area contributed by atoms with Crippen LogP contribution in [0.15, 0.2) is 12.3 Å². The van der Waals surface area contributed by atoms with E-state index in [2.05, 4.69) is 53.4 Å². The molecule has 0 saturated carbocycles. The molecule has 0 aromatic carbocycles. The minimum atomic E-state index is 0.318. The highest BCUT2D eigenvalue weighted by Gasteiger charge is 2.23. The Kier molecular flexibility index (Phi) is 4.66. The summed E-state index contributed by atoms with van der Waals surface area (Å²) in [7, 11) is 4.18. The molecule has 0 spiro atoms. The van der Waals surface area contributed by atoms with E-state index in [0.717, 1.165) is 29.1 Å². The van der Waals surface area contributed by atoms with E-state index in [1.807, 2.05) is 13.1 Å². The molecule has 2 rings (SSSR count). The average Bonchev–Trinajstić information content (AvgIpc) is 2.72. The van der Waals surface area contributed by atoms with Crippen LogP contribution in [0.25, 0.3) is 11.2 Å². The van der Waals surface area contributed by atoms with Crippen LogP contribution in [0.4, 0.5) is 0 Å². The molecule has 20 heavy (non-hydrogen) atoms. The van der Waals surface area contributed by atoms with Gasteiger partial charge >= 0.3 is 0 Å². The van der Waals surface area contributed by atoms with E-state index in [1.54, 1.807) is 0 Å². The van der Waals surface area contributed by atoms with E-state index in [4.69, 9.17) is 11.6 Å². The summed E-state index contributed by atoms with van der Waals surface area (Å²) in [5, 5.41) is 0. The lowest BCUT2D eigenvalue weighted by Crippen LogP contribution is -2.29. The second-order valence-electron chi connectivity index (χ2n) is 5.96. The van der Waals surface area contributed by atoms with Crippen molar-refractivity contribution in [2.45, 2.75) is 32.7 Å². The number of pyridine rings is 1. The largest absolute Gasteiger partial charge is 0.307 e. The molecule has 5 heteroatoms. The number of alkyl halides is 1. The van der Waals surface area contributed by atoms with Crippen LogP contribution < -0.4 is 0 Å². The van der Waals surface area contributed by atoms with Gasteiger partial charge in [0, 0.05) is 12.7 Å². The molecule has 0 amide bonds. The Morgan fingerprint density at radius 1 is 1.35 bits per heavy atom. The summed E-state index contributed by atoms with van der Waals surface area (Å²) < 4.78 is 2.21. The Balaban J connectivity index is 2.60. The van der Waals surface area contributed by atoms with Crippen LogP contribution in [-0.2, 0) is 5.88 Å². The third-order valence-electron chi connectivity index (χ3n) is 3.51. The number of aromatic nitrogens is 3. The first-order valence-electron chi connectivity index (χ1n) is 6.98. The molecule has 0 bridgehead atoms. The van der Waals surface area contributed by atoms with Gasteiger partial charge in [-0.3, -0.25) is 0 Å². The molecule has 1 unspecified atom stereocenters. The van der Waals surface area contributed by atoms with Crippen molar-refractivity contribution in [1.82, 2.24) is 19.4 Å². The number of hydrogen-bond donors (Lipinski definition) is 0. The number of rotatable bonds is 5. The van der Waals surface area contributed by atoms with Crippen molar-refractivity contribution in [3.63, 3.8) is 0 Å². The first-order chi connectivity index (χ1) is 9.43. The lowest BCUT2D eigenvalue weighted by atomic mass is 10.0. The van der Waals surface area contributed by atoms with Crippen molar-refractivity contribution in [1.29, 1.82) is 0 Å². The Morgan fingerprint density at radius 2 is 2.05 bits per heavy atom. The maximum Gasteiger partial charge on any atom is 0.160 e. The Hall–Kier alpha value is -1.13. The van der Waals surface area contributed by atoms with Gasteiger partial charge in [-0.25, -0.2) is 9.97 Å². The summed E-state index contributed by atoms with van der Waals surface area (Å²) in [5.41, 5.74) is 2.99. The van der Waals surface area contributed by atoms with Gasteiger partial charge in [0.1, 0.15) is 11.3 Å². The van der Waals surface area contributed by atoms with Gasteiger partial charge in [-0.05, 0) is 38.6 Å².